The third-order valence-corrected chi connectivity index (χ3v) is 4.73. The van der Waals surface area contributed by atoms with Crippen LogP contribution in [0.15, 0.2) is 36.5 Å². The summed E-state index contributed by atoms with van der Waals surface area (Å²) in [7, 11) is 0. The summed E-state index contributed by atoms with van der Waals surface area (Å²) in [5.74, 6) is 0.155. The van der Waals surface area contributed by atoms with Crippen LogP contribution in [-0.2, 0) is 6.54 Å². The average molecular weight is 349 g/mol. The number of carbonyl (C=O) groups is 1. The second-order valence-electron chi connectivity index (χ2n) is 6.06. The van der Waals surface area contributed by atoms with Gasteiger partial charge in [0.15, 0.2) is 0 Å². The number of H-pyrrole nitrogens is 1. The Balaban J connectivity index is 1.48. The van der Waals surface area contributed by atoms with Crippen LogP contribution >= 0.6 is 11.6 Å². The third-order valence-electron chi connectivity index (χ3n) is 4.47. The van der Waals surface area contributed by atoms with Gasteiger partial charge in [-0.15, -0.1) is 0 Å². The topological polar surface area (TPSA) is 81.2 Å². The van der Waals surface area contributed by atoms with Crippen molar-refractivity contribution in [3.8, 4) is 0 Å². The molecule has 0 spiro atoms. The van der Waals surface area contributed by atoms with Gasteiger partial charge in [0, 0.05) is 24.3 Å². The highest BCUT2D eigenvalue weighted by Crippen LogP contribution is 2.31. The molecule has 2 heterocycles. The molecule has 0 aliphatic carbocycles. The summed E-state index contributed by atoms with van der Waals surface area (Å²) < 4.78 is 0. The molecule has 1 aromatic carbocycles. The normalized spacial score (nSPS) is 16.8. The standard InChI is InChI=1S/C17H21ClN4O2/c18-14-3-1-12(2-4-14)16(23)13-6-9-22(10-7-13)17(24)19-11-15-5-8-20-21-15/h1-5,8,13,16,23H,6-7,9-11H2,(H,19,24)(H,20,21). The molecule has 2 amide bonds. The molecule has 3 N–H and O–H groups in total. The number of halogens is 1. The quantitative estimate of drug-likeness (QED) is 0.794. The predicted octanol–water partition coefficient (Wildman–Crippen LogP) is 2.72. The van der Waals surface area contributed by atoms with Crippen LogP contribution in [0.4, 0.5) is 4.79 Å². The first-order valence-electron chi connectivity index (χ1n) is 8.08. The van der Waals surface area contributed by atoms with E-state index in [1.54, 1.807) is 23.2 Å². The predicted molar refractivity (Wildman–Crippen MR) is 91.5 cm³/mol. The van der Waals surface area contributed by atoms with E-state index in [0.717, 1.165) is 24.1 Å². The number of nitrogens with zero attached hydrogens (tertiary/aromatic N) is 2. The molecule has 1 aliphatic heterocycles. The number of aromatic nitrogens is 2. The van der Waals surface area contributed by atoms with Crippen LogP contribution in [0.2, 0.25) is 5.02 Å². The van der Waals surface area contributed by atoms with Crippen molar-refractivity contribution in [3.63, 3.8) is 0 Å². The van der Waals surface area contributed by atoms with E-state index in [2.05, 4.69) is 15.5 Å². The second-order valence-corrected chi connectivity index (χ2v) is 6.50. The van der Waals surface area contributed by atoms with Gasteiger partial charge in [-0.3, -0.25) is 5.10 Å². The Labute approximate surface area is 145 Å². The largest absolute Gasteiger partial charge is 0.388 e. The van der Waals surface area contributed by atoms with Gasteiger partial charge in [-0.05, 0) is 42.5 Å². The monoisotopic (exact) mass is 348 g/mol. The molecule has 1 atom stereocenters. The zero-order valence-electron chi connectivity index (χ0n) is 13.3. The number of likely N-dealkylation sites (tertiary alicyclic amines) is 1. The van der Waals surface area contributed by atoms with E-state index in [9.17, 15) is 9.90 Å². The highest BCUT2D eigenvalue weighted by atomic mass is 35.5. The number of carbonyl (C=O) groups excluding carboxylic acids is 1. The number of nitrogens with one attached hydrogen (secondary N) is 2. The molecular formula is C17H21ClN4O2. The minimum absolute atomic E-state index is 0.0796. The summed E-state index contributed by atoms with van der Waals surface area (Å²) in [5, 5.41) is 20.7. The van der Waals surface area contributed by atoms with Crippen molar-refractivity contribution in [2.45, 2.75) is 25.5 Å². The molecule has 1 saturated heterocycles. The molecular weight excluding hydrogens is 328 g/mol. The van der Waals surface area contributed by atoms with Gasteiger partial charge in [0.05, 0.1) is 18.3 Å². The maximum Gasteiger partial charge on any atom is 0.317 e. The molecule has 3 rings (SSSR count). The van der Waals surface area contributed by atoms with Gasteiger partial charge in [-0.1, -0.05) is 23.7 Å². The zero-order valence-corrected chi connectivity index (χ0v) is 14.0. The molecule has 24 heavy (non-hydrogen) atoms. The van der Waals surface area contributed by atoms with Gasteiger partial charge in [0.2, 0.25) is 0 Å². The highest BCUT2D eigenvalue weighted by Gasteiger charge is 2.28. The summed E-state index contributed by atoms with van der Waals surface area (Å²) in [5.41, 5.74) is 1.75. The maximum atomic E-state index is 12.2. The van der Waals surface area contributed by atoms with Crippen molar-refractivity contribution >= 4 is 17.6 Å². The minimum Gasteiger partial charge on any atom is -0.388 e. The summed E-state index contributed by atoms with van der Waals surface area (Å²) >= 11 is 5.88. The number of aliphatic hydroxyl groups excluding tert-OH is 1. The second kappa shape index (κ2) is 7.68. The fraction of sp³-hybridized carbons (Fsp3) is 0.412. The number of rotatable bonds is 4. The van der Waals surface area contributed by atoms with Crippen molar-refractivity contribution in [1.82, 2.24) is 20.4 Å². The summed E-state index contributed by atoms with van der Waals surface area (Å²) in [4.78, 5) is 14.0. The van der Waals surface area contributed by atoms with Crippen LogP contribution < -0.4 is 5.32 Å². The number of amides is 2. The molecule has 1 unspecified atom stereocenters. The van der Waals surface area contributed by atoms with Crippen molar-refractivity contribution in [3.05, 3.63) is 52.8 Å². The smallest absolute Gasteiger partial charge is 0.317 e. The Morgan fingerprint density at radius 1 is 1.33 bits per heavy atom. The SMILES string of the molecule is O=C(NCc1ccn[nH]1)N1CCC(C(O)c2ccc(Cl)cc2)CC1. The van der Waals surface area contributed by atoms with Crippen LogP contribution in [0.25, 0.3) is 0 Å². The van der Waals surface area contributed by atoms with E-state index in [4.69, 9.17) is 11.6 Å². The van der Waals surface area contributed by atoms with Crippen LogP contribution in [0, 0.1) is 5.92 Å². The summed E-state index contributed by atoms with van der Waals surface area (Å²) in [6.07, 6.45) is 2.70. The first-order valence-corrected chi connectivity index (χ1v) is 8.46. The van der Waals surface area contributed by atoms with Gasteiger partial charge in [-0.2, -0.15) is 5.10 Å². The molecule has 6 nitrogen and oxygen atoms in total. The van der Waals surface area contributed by atoms with Crippen LogP contribution in [0.1, 0.15) is 30.2 Å². The highest BCUT2D eigenvalue weighted by molar-refractivity contribution is 6.30. The lowest BCUT2D eigenvalue weighted by Crippen LogP contribution is -2.45. The summed E-state index contributed by atoms with van der Waals surface area (Å²) in [6.45, 7) is 1.72. The van der Waals surface area contributed by atoms with E-state index < -0.39 is 6.10 Å². The Morgan fingerprint density at radius 3 is 2.67 bits per heavy atom. The molecule has 7 heteroatoms. The lowest BCUT2D eigenvalue weighted by atomic mass is 9.87. The van der Waals surface area contributed by atoms with Crippen molar-refractivity contribution in [2.24, 2.45) is 5.92 Å². The number of aromatic amines is 1. The van der Waals surface area contributed by atoms with E-state index in [1.807, 2.05) is 18.2 Å². The zero-order chi connectivity index (χ0) is 16.9. The van der Waals surface area contributed by atoms with E-state index in [1.165, 1.54) is 0 Å². The lowest BCUT2D eigenvalue weighted by molar-refractivity contribution is 0.0665. The van der Waals surface area contributed by atoms with Crippen LogP contribution in [-0.4, -0.2) is 39.3 Å². The maximum absolute atomic E-state index is 12.2. The number of piperidine rings is 1. The fourth-order valence-electron chi connectivity index (χ4n) is 3.02. The number of benzene rings is 1. The molecule has 0 saturated carbocycles. The lowest BCUT2D eigenvalue weighted by Gasteiger charge is -2.34. The Bertz CT molecular complexity index is 652. The molecule has 1 aromatic heterocycles. The molecule has 1 aliphatic rings. The number of hydrogen-bond donors (Lipinski definition) is 3. The number of hydrogen-bond acceptors (Lipinski definition) is 3. The molecule has 0 radical (unpaired) electrons. The van der Waals surface area contributed by atoms with Gasteiger partial charge in [0.1, 0.15) is 0 Å². The minimum atomic E-state index is -0.516. The van der Waals surface area contributed by atoms with Gasteiger partial charge in [0.25, 0.3) is 0 Å². The Morgan fingerprint density at radius 2 is 2.04 bits per heavy atom. The van der Waals surface area contributed by atoms with Crippen LogP contribution in [0.3, 0.4) is 0 Å². The number of urea groups is 1. The molecule has 0 bridgehead atoms. The third kappa shape index (κ3) is 4.07. The molecule has 128 valence electrons. The Kier molecular flexibility index (Phi) is 5.37. The fourth-order valence-corrected chi connectivity index (χ4v) is 3.14. The average Bonchev–Trinajstić information content (AvgIpc) is 3.13. The van der Waals surface area contributed by atoms with Gasteiger partial charge < -0.3 is 15.3 Å². The van der Waals surface area contributed by atoms with Gasteiger partial charge >= 0.3 is 6.03 Å². The Hall–Kier alpha value is -2.05. The van der Waals surface area contributed by atoms with E-state index in [0.29, 0.717) is 24.7 Å². The van der Waals surface area contributed by atoms with Gasteiger partial charge in [-0.25, -0.2) is 4.79 Å². The van der Waals surface area contributed by atoms with Crippen LogP contribution in [0.5, 0.6) is 0 Å². The van der Waals surface area contributed by atoms with Crippen molar-refractivity contribution in [2.75, 3.05) is 13.1 Å². The van der Waals surface area contributed by atoms with Crippen molar-refractivity contribution < 1.29 is 9.90 Å². The first kappa shape index (κ1) is 16.8. The van der Waals surface area contributed by atoms with E-state index in [-0.39, 0.29) is 11.9 Å². The van der Waals surface area contributed by atoms with Crippen molar-refractivity contribution in [1.29, 1.82) is 0 Å². The molecule has 2 aromatic rings. The number of aliphatic hydroxyl groups is 1. The first-order chi connectivity index (χ1) is 11.6. The summed E-state index contributed by atoms with van der Waals surface area (Å²) in [6, 6.07) is 9.04. The van der Waals surface area contributed by atoms with E-state index >= 15 is 0 Å². The molecule has 1 fully saturated rings.